The summed E-state index contributed by atoms with van der Waals surface area (Å²) in [6.07, 6.45) is 1.94. The highest BCUT2D eigenvalue weighted by molar-refractivity contribution is 5.35. The molecule has 0 spiro atoms. The lowest BCUT2D eigenvalue weighted by Gasteiger charge is -2.27. The lowest BCUT2D eigenvalue weighted by atomic mass is 10.2. The van der Waals surface area contributed by atoms with Gasteiger partial charge in [-0.1, -0.05) is 23.4 Å². The summed E-state index contributed by atoms with van der Waals surface area (Å²) >= 11 is 0. The van der Waals surface area contributed by atoms with Crippen molar-refractivity contribution in [2.75, 3.05) is 6.54 Å². The van der Waals surface area contributed by atoms with E-state index in [-0.39, 0.29) is 6.61 Å². The van der Waals surface area contributed by atoms with E-state index in [2.05, 4.69) is 36.9 Å². The van der Waals surface area contributed by atoms with Crippen LogP contribution < -0.4 is 0 Å². The number of aliphatic hydroxyl groups excluding tert-OH is 1. The Morgan fingerprint density at radius 2 is 2.00 bits per heavy atom. The molecule has 0 unspecified atom stereocenters. The van der Waals surface area contributed by atoms with Gasteiger partial charge in [0.05, 0.1) is 30.7 Å². The van der Waals surface area contributed by atoms with Crippen LogP contribution in [0.4, 0.5) is 0 Å². The van der Waals surface area contributed by atoms with E-state index in [9.17, 15) is 5.11 Å². The number of aromatic nitrogens is 5. The summed E-state index contributed by atoms with van der Waals surface area (Å²) in [5.74, 6) is 0.982. The van der Waals surface area contributed by atoms with Crippen molar-refractivity contribution < 1.29 is 5.11 Å². The minimum atomic E-state index is -0.0652. The van der Waals surface area contributed by atoms with Crippen LogP contribution in [0.2, 0.25) is 0 Å². The number of aliphatic hydroxyl groups is 1. The number of hydrogen-bond acceptors (Lipinski definition) is 5. The van der Waals surface area contributed by atoms with Gasteiger partial charge in [-0.05, 0) is 19.1 Å². The van der Waals surface area contributed by atoms with Gasteiger partial charge in [0.1, 0.15) is 11.5 Å². The number of fused-ring (bicyclic) bond motifs is 1. The monoisotopic (exact) mass is 324 g/mol. The van der Waals surface area contributed by atoms with E-state index in [0.717, 1.165) is 49.1 Å². The molecule has 2 aromatic heterocycles. The smallest absolute Gasteiger partial charge is 0.113 e. The van der Waals surface area contributed by atoms with E-state index < -0.39 is 0 Å². The van der Waals surface area contributed by atoms with Crippen LogP contribution in [0.3, 0.4) is 0 Å². The zero-order chi connectivity index (χ0) is 16.5. The predicted octanol–water partition coefficient (Wildman–Crippen LogP) is 1.28. The third kappa shape index (κ3) is 2.61. The molecule has 1 aliphatic heterocycles. The van der Waals surface area contributed by atoms with Gasteiger partial charge in [0.2, 0.25) is 0 Å². The van der Waals surface area contributed by atoms with Gasteiger partial charge < -0.3 is 5.11 Å². The molecule has 3 aromatic rings. The zero-order valence-electron chi connectivity index (χ0n) is 13.6. The Morgan fingerprint density at radius 1 is 1.17 bits per heavy atom. The molecular weight excluding hydrogens is 304 g/mol. The largest absolute Gasteiger partial charge is 0.390 e. The Hall–Kier alpha value is -2.51. The van der Waals surface area contributed by atoms with Crippen LogP contribution in [-0.4, -0.2) is 41.1 Å². The number of para-hydroxylation sites is 1. The first-order valence-electron chi connectivity index (χ1n) is 8.09. The fourth-order valence-corrected chi connectivity index (χ4v) is 3.27. The molecule has 7 nitrogen and oxygen atoms in total. The van der Waals surface area contributed by atoms with Crippen molar-refractivity contribution in [3.63, 3.8) is 0 Å². The van der Waals surface area contributed by atoms with Gasteiger partial charge in [0.25, 0.3) is 0 Å². The van der Waals surface area contributed by atoms with Crippen LogP contribution in [0.15, 0.2) is 36.5 Å². The van der Waals surface area contributed by atoms with Crippen LogP contribution in [0.25, 0.3) is 5.69 Å². The summed E-state index contributed by atoms with van der Waals surface area (Å²) in [6.45, 7) is 5.19. The van der Waals surface area contributed by atoms with Crippen molar-refractivity contribution in [1.82, 2.24) is 29.4 Å². The number of hydrogen-bond donors (Lipinski definition) is 1. The SMILES string of the molecule is Cc1ncc(CN2CCn3nnc(CO)c3C2)n1-c1ccccc1. The van der Waals surface area contributed by atoms with E-state index in [1.807, 2.05) is 36.0 Å². The molecule has 4 rings (SSSR count). The first-order chi connectivity index (χ1) is 11.8. The van der Waals surface area contributed by atoms with E-state index in [1.165, 1.54) is 0 Å². The summed E-state index contributed by atoms with van der Waals surface area (Å²) in [6, 6.07) is 10.3. The molecule has 0 fully saturated rings. The first kappa shape index (κ1) is 15.0. The van der Waals surface area contributed by atoms with Crippen LogP contribution in [0.5, 0.6) is 0 Å². The molecule has 0 bridgehead atoms. The first-order valence-corrected chi connectivity index (χ1v) is 8.09. The summed E-state index contributed by atoms with van der Waals surface area (Å²) in [5.41, 5.74) is 3.96. The minimum Gasteiger partial charge on any atom is -0.390 e. The topological polar surface area (TPSA) is 72.0 Å². The molecule has 1 aromatic carbocycles. The lowest BCUT2D eigenvalue weighted by molar-refractivity contribution is 0.197. The Labute approximate surface area is 140 Å². The Kier molecular flexibility index (Phi) is 3.87. The molecule has 0 amide bonds. The second-order valence-electron chi connectivity index (χ2n) is 6.04. The fourth-order valence-electron chi connectivity index (χ4n) is 3.27. The second-order valence-corrected chi connectivity index (χ2v) is 6.04. The van der Waals surface area contributed by atoms with Gasteiger partial charge >= 0.3 is 0 Å². The van der Waals surface area contributed by atoms with Crippen LogP contribution in [0.1, 0.15) is 22.9 Å². The van der Waals surface area contributed by atoms with Crippen molar-refractivity contribution in [3.8, 4) is 5.69 Å². The predicted molar refractivity (Wildman–Crippen MR) is 88.4 cm³/mol. The molecule has 0 saturated carbocycles. The zero-order valence-corrected chi connectivity index (χ0v) is 13.6. The summed E-state index contributed by atoms with van der Waals surface area (Å²) in [5, 5.41) is 17.6. The molecule has 3 heterocycles. The van der Waals surface area contributed by atoms with Gasteiger partial charge in [-0.2, -0.15) is 0 Å². The van der Waals surface area contributed by atoms with E-state index in [4.69, 9.17) is 0 Å². The molecule has 0 radical (unpaired) electrons. The molecule has 124 valence electrons. The van der Waals surface area contributed by atoms with Crippen molar-refractivity contribution in [2.24, 2.45) is 0 Å². The number of nitrogens with zero attached hydrogens (tertiary/aromatic N) is 6. The van der Waals surface area contributed by atoms with Crippen molar-refractivity contribution in [3.05, 3.63) is 59.4 Å². The number of aryl methyl sites for hydroxylation is 1. The highest BCUT2D eigenvalue weighted by atomic mass is 16.3. The highest BCUT2D eigenvalue weighted by Gasteiger charge is 2.22. The molecule has 0 saturated heterocycles. The number of rotatable bonds is 4. The van der Waals surface area contributed by atoms with Crippen LogP contribution >= 0.6 is 0 Å². The molecule has 0 atom stereocenters. The average molecular weight is 324 g/mol. The van der Waals surface area contributed by atoms with Crippen molar-refractivity contribution >= 4 is 0 Å². The maximum Gasteiger partial charge on any atom is 0.113 e. The van der Waals surface area contributed by atoms with Crippen molar-refractivity contribution in [1.29, 1.82) is 0 Å². The maximum absolute atomic E-state index is 9.41. The molecule has 7 heteroatoms. The maximum atomic E-state index is 9.41. The lowest BCUT2D eigenvalue weighted by Crippen LogP contribution is -2.34. The fraction of sp³-hybridized carbons (Fsp3) is 0.353. The third-order valence-corrected chi connectivity index (χ3v) is 4.48. The summed E-state index contributed by atoms with van der Waals surface area (Å²) < 4.78 is 4.08. The van der Waals surface area contributed by atoms with E-state index >= 15 is 0 Å². The van der Waals surface area contributed by atoms with Crippen LogP contribution in [-0.2, 0) is 26.2 Å². The third-order valence-electron chi connectivity index (χ3n) is 4.48. The Balaban J connectivity index is 1.59. The molecule has 24 heavy (non-hydrogen) atoms. The van der Waals surface area contributed by atoms with E-state index in [0.29, 0.717) is 5.69 Å². The number of benzene rings is 1. The molecule has 1 N–H and O–H groups in total. The normalized spacial score (nSPS) is 14.8. The molecular formula is C17H20N6O. The molecule has 1 aliphatic rings. The average Bonchev–Trinajstić information content (AvgIpc) is 3.18. The Morgan fingerprint density at radius 3 is 2.79 bits per heavy atom. The minimum absolute atomic E-state index is 0.0652. The quantitative estimate of drug-likeness (QED) is 0.783. The Bertz CT molecular complexity index is 825. The van der Waals surface area contributed by atoms with E-state index in [1.54, 1.807) is 0 Å². The van der Waals surface area contributed by atoms with Crippen LogP contribution in [0, 0.1) is 6.92 Å². The summed E-state index contributed by atoms with van der Waals surface area (Å²) in [7, 11) is 0. The van der Waals surface area contributed by atoms with Crippen molar-refractivity contribution in [2.45, 2.75) is 33.2 Å². The van der Waals surface area contributed by atoms with Gasteiger partial charge in [-0.25, -0.2) is 9.67 Å². The van der Waals surface area contributed by atoms with Gasteiger partial charge in [-0.15, -0.1) is 5.10 Å². The van der Waals surface area contributed by atoms with Gasteiger partial charge in [-0.3, -0.25) is 9.47 Å². The van der Waals surface area contributed by atoms with Gasteiger partial charge in [0, 0.05) is 25.3 Å². The molecule has 0 aliphatic carbocycles. The number of imidazole rings is 1. The van der Waals surface area contributed by atoms with Gasteiger partial charge in [0.15, 0.2) is 0 Å². The second kappa shape index (κ2) is 6.18. The standard InChI is InChI=1S/C17H20N6O/c1-13-18-9-15(23(13)14-5-3-2-4-6-14)10-21-7-8-22-17(11-21)16(12-24)19-20-22/h2-6,9,24H,7-8,10-12H2,1H3. The highest BCUT2D eigenvalue weighted by Crippen LogP contribution is 2.20. The summed E-state index contributed by atoms with van der Waals surface area (Å²) in [4.78, 5) is 6.83.